The summed E-state index contributed by atoms with van der Waals surface area (Å²) in [6.45, 7) is 4.94. The van der Waals surface area contributed by atoms with Gasteiger partial charge < -0.3 is 24.8 Å². The number of amides is 1. The van der Waals surface area contributed by atoms with E-state index in [-0.39, 0.29) is 30.7 Å². The molecule has 9 heteroatoms. The summed E-state index contributed by atoms with van der Waals surface area (Å²) in [4.78, 5) is 17.0. The van der Waals surface area contributed by atoms with Gasteiger partial charge in [0.2, 0.25) is 5.91 Å². The van der Waals surface area contributed by atoms with E-state index in [0.29, 0.717) is 39.1 Å². The van der Waals surface area contributed by atoms with Crippen molar-refractivity contribution in [2.24, 2.45) is 5.73 Å². The van der Waals surface area contributed by atoms with E-state index in [1.165, 1.54) is 0 Å². The highest BCUT2D eigenvalue weighted by molar-refractivity contribution is 5.86. The Balaban J connectivity index is 0.00000196. The molecule has 0 saturated carbocycles. The Morgan fingerprint density at radius 1 is 1.11 bits per heavy atom. The first kappa shape index (κ1) is 24.8. The predicted octanol–water partition coefficient (Wildman–Crippen LogP) is 1.70. The van der Waals surface area contributed by atoms with E-state index < -0.39 is 5.54 Å². The third-order valence-electron chi connectivity index (χ3n) is 5.35. The van der Waals surface area contributed by atoms with Crippen LogP contribution in [0, 0.1) is 0 Å². The van der Waals surface area contributed by atoms with Crippen molar-refractivity contribution in [3.05, 3.63) is 23.8 Å². The van der Waals surface area contributed by atoms with Gasteiger partial charge in [-0.25, -0.2) is 0 Å². The van der Waals surface area contributed by atoms with E-state index in [1.807, 2.05) is 23.1 Å². The molecule has 0 aliphatic carbocycles. The molecule has 2 saturated heterocycles. The normalized spacial score (nSPS) is 19.2. The average Bonchev–Trinajstić information content (AvgIpc) is 2.68. The van der Waals surface area contributed by atoms with Crippen molar-refractivity contribution in [3.63, 3.8) is 0 Å². The van der Waals surface area contributed by atoms with Gasteiger partial charge in [-0.05, 0) is 31.0 Å². The summed E-state index contributed by atoms with van der Waals surface area (Å²) in [6, 6.07) is 5.83. The van der Waals surface area contributed by atoms with Gasteiger partial charge >= 0.3 is 0 Å². The Morgan fingerprint density at radius 2 is 1.75 bits per heavy atom. The van der Waals surface area contributed by atoms with Crippen molar-refractivity contribution in [2.75, 3.05) is 53.6 Å². The van der Waals surface area contributed by atoms with E-state index in [2.05, 4.69) is 4.90 Å². The average molecular weight is 436 g/mol. The second-order valence-electron chi connectivity index (χ2n) is 7.01. The number of ether oxygens (including phenoxy) is 3. The van der Waals surface area contributed by atoms with Crippen molar-refractivity contribution in [3.8, 4) is 11.5 Å². The Labute approximate surface area is 179 Å². The third-order valence-corrected chi connectivity index (χ3v) is 5.35. The highest BCUT2D eigenvalue weighted by Crippen LogP contribution is 2.26. The number of hydrogen-bond acceptors (Lipinski definition) is 6. The molecule has 0 aromatic heterocycles. The maximum Gasteiger partial charge on any atom is 0.242 e. The molecule has 2 fully saturated rings. The molecule has 28 heavy (non-hydrogen) atoms. The number of carbonyl (C=O) groups excluding carboxylic acids is 1. The molecule has 1 aromatic rings. The molecule has 160 valence electrons. The molecular weight excluding hydrogens is 405 g/mol. The van der Waals surface area contributed by atoms with Crippen LogP contribution >= 0.6 is 24.8 Å². The van der Waals surface area contributed by atoms with Crippen LogP contribution in [0.1, 0.15) is 18.4 Å². The van der Waals surface area contributed by atoms with Gasteiger partial charge in [-0.2, -0.15) is 0 Å². The van der Waals surface area contributed by atoms with Crippen LogP contribution in [0.4, 0.5) is 0 Å². The lowest BCUT2D eigenvalue weighted by atomic mass is 9.89. The van der Waals surface area contributed by atoms with Crippen LogP contribution in [0.5, 0.6) is 11.5 Å². The van der Waals surface area contributed by atoms with Crippen LogP contribution in [-0.4, -0.2) is 74.9 Å². The summed E-state index contributed by atoms with van der Waals surface area (Å²) in [7, 11) is 3.34. The smallest absolute Gasteiger partial charge is 0.242 e. The second-order valence-corrected chi connectivity index (χ2v) is 7.01. The summed E-state index contributed by atoms with van der Waals surface area (Å²) < 4.78 is 16.1. The molecule has 2 N–H and O–H groups in total. The van der Waals surface area contributed by atoms with Crippen molar-refractivity contribution in [1.29, 1.82) is 0 Å². The van der Waals surface area contributed by atoms with Crippen LogP contribution in [0.25, 0.3) is 0 Å². The SMILES string of the molecule is COc1ccc(OC)c(CN2CCN(C(=O)C3(N)CCOCC3)CC2)c1.Cl.Cl. The lowest BCUT2D eigenvalue weighted by Gasteiger charge is -2.41. The monoisotopic (exact) mass is 435 g/mol. The molecule has 1 aromatic carbocycles. The number of carbonyl (C=O) groups is 1. The first-order chi connectivity index (χ1) is 12.6. The topological polar surface area (TPSA) is 77.3 Å². The molecular formula is C19H31Cl2N3O4. The van der Waals surface area contributed by atoms with Crippen LogP contribution < -0.4 is 15.2 Å². The Kier molecular flexibility index (Phi) is 9.80. The molecule has 0 spiro atoms. The van der Waals surface area contributed by atoms with Gasteiger partial charge in [0.05, 0.1) is 19.8 Å². The van der Waals surface area contributed by atoms with Gasteiger partial charge in [0.15, 0.2) is 0 Å². The molecule has 1 amide bonds. The van der Waals surface area contributed by atoms with Crippen LogP contribution in [0.3, 0.4) is 0 Å². The minimum Gasteiger partial charge on any atom is -0.497 e. The maximum atomic E-state index is 12.8. The number of hydrogen-bond donors (Lipinski definition) is 1. The van der Waals surface area contributed by atoms with Crippen LogP contribution in [-0.2, 0) is 16.1 Å². The molecule has 7 nitrogen and oxygen atoms in total. The molecule has 0 bridgehead atoms. The number of rotatable bonds is 5. The lowest BCUT2D eigenvalue weighted by molar-refractivity contribution is -0.142. The molecule has 2 aliphatic heterocycles. The zero-order valence-corrected chi connectivity index (χ0v) is 18.2. The van der Waals surface area contributed by atoms with E-state index in [1.54, 1.807) is 14.2 Å². The Morgan fingerprint density at radius 3 is 2.32 bits per heavy atom. The minimum atomic E-state index is -0.754. The van der Waals surface area contributed by atoms with Gasteiger partial charge in [0.1, 0.15) is 11.5 Å². The molecule has 0 radical (unpaired) electrons. The molecule has 0 unspecified atom stereocenters. The standard InChI is InChI=1S/C19H29N3O4.2ClH/c1-24-16-3-4-17(25-2)15(13-16)14-21-7-9-22(10-8-21)18(23)19(20)5-11-26-12-6-19;;/h3-4,13H,5-12,14,20H2,1-2H3;2*1H. The largest absolute Gasteiger partial charge is 0.497 e. The maximum absolute atomic E-state index is 12.8. The summed E-state index contributed by atoms with van der Waals surface area (Å²) in [6.07, 6.45) is 1.21. The van der Waals surface area contributed by atoms with Gasteiger partial charge in [0.25, 0.3) is 0 Å². The van der Waals surface area contributed by atoms with Crippen molar-refractivity contribution >= 4 is 30.7 Å². The van der Waals surface area contributed by atoms with Crippen molar-refractivity contribution in [2.45, 2.75) is 24.9 Å². The highest BCUT2D eigenvalue weighted by atomic mass is 35.5. The highest BCUT2D eigenvalue weighted by Gasteiger charge is 2.39. The predicted molar refractivity (Wildman–Crippen MR) is 113 cm³/mol. The summed E-state index contributed by atoms with van der Waals surface area (Å²) in [5.74, 6) is 1.74. The third kappa shape index (κ3) is 5.64. The minimum absolute atomic E-state index is 0. The second kappa shape index (κ2) is 11.1. The van der Waals surface area contributed by atoms with E-state index >= 15 is 0 Å². The molecule has 2 aliphatic rings. The fourth-order valence-electron chi connectivity index (χ4n) is 3.62. The molecule has 2 heterocycles. The summed E-state index contributed by atoms with van der Waals surface area (Å²) in [5.41, 5.74) is 6.68. The Hall–Kier alpha value is -1.25. The van der Waals surface area contributed by atoms with E-state index in [0.717, 1.165) is 36.7 Å². The van der Waals surface area contributed by atoms with Gasteiger partial charge in [-0.15, -0.1) is 24.8 Å². The fourth-order valence-corrected chi connectivity index (χ4v) is 3.62. The van der Waals surface area contributed by atoms with Gasteiger partial charge in [-0.3, -0.25) is 9.69 Å². The van der Waals surface area contributed by atoms with Crippen molar-refractivity contribution in [1.82, 2.24) is 9.80 Å². The number of benzene rings is 1. The quantitative estimate of drug-likeness (QED) is 0.757. The first-order valence-electron chi connectivity index (χ1n) is 9.15. The number of piperazine rings is 1. The zero-order valence-electron chi connectivity index (χ0n) is 16.5. The number of nitrogens with two attached hydrogens (primary N) is 1. The molecule has 3 rings (SSSR count). The van der Waals surface area contributed by atoms with E-state index in [9.17, 15) is 4.79 Å². The zero-order chi connectivity index (χ0) is 18.6. The summed E-state index contributed by atoms with van der Waals surface area (Å²) >= 11 is 0. The molecule has 0 atom stereocenters. The fraction of sp³-hybridized carbons (Fsp3) is 0.632. The van der Waals surface area contributed by atoms with Gasteiger partial charge in [0, 0.05) is 51.5 Å². The van der Waals surface area contributed by atoms with Crippen LogP contribution in [0.2, 0.25) is 0 Å². The number of methoxy groups -OCH3 is 2. The number of halogens is 2. The van der Waals surface area contributed by atoms with Crippen molar-refractivity contribution < 1.29 is 19.0 Å². The Bertz CT molecular complexity index is 634. The van der Waals surface area contributed by atoms with Crippen LogP contribution in [0.15, 0.2) is 18.2 Å². The number of nitrogens with zero attached hydrogens (tertiary/aromatic N) is 2. The van der Waals surface area contributed by atoms with E-state index in [4.69, 9.17) is 19.9 Å². The van der Waals surface area contributed by atoms with Gasteiger partial charge in [-0.1, -0.05) is 0 Å². The lowest BCUT2D eigenvalue weighted by Crippen LogP contribution is -2.61. The first-order valence-corrected chi connectivity index (χ1v) is 9.15. The summed E-state index contributed by atoms with van der Waals surface area (Å²) in [5, 5.41) is 0.